The molecule has 3 rings (SSSR count). The molecule has 132 valence electrons. The van der Waals surface area contributed by atoms with E-state index in [-0.39, 0.29) is 12.5 Å². The molecule has 0 unspecified atom stereocenters. The van der Waals surface area contributed by atoms with E-state index in [1.165, 1.54) is 0 Å². The van der Waals surface area contributed by atoms with E-state index in [2.05, 4.69) is 22.3 Å². The minimum Gasteiger partial charge on any atom is -0.497 e. The number of methoxy groups -OCH3 is 1. The minimum absolute atomic E-state index is 0.0919. The van der Waals surface area contributed by atoms with E-state index in [0.717, 1.165) is 43.3 Å². The average Bonchev–Trinajstić information content (AvgIpc) is 2.67. The summed E-state index contributed by atoms with van der Waals surface area (Å²) in [5, 5.41) is 3.74. The Hall–Kier alpha value is -2.40. The number of nitrogens with one attached hydrogen (secondary N) is 1. The van der Waals surface area contributed by atoms with E-state index in [9.17, 15) is 4.79 Å². The molecule has 0 atom stereocenters. The number of carbonyl (C=O) groups excluding carboxylic acids is 1. The summed E-state index contributed by atoms with van der Waals surface area (Å²) in [5.74, 6) is 0.942. The lowest BCUT2D eigenvalue weighted by Gasteiger charge is -2.36. The van der Waals surface area contributed by atoms with Gasteiger partial charge in [-0.05, 0) is 36.4 Å². The van der Waals surface area contributed by atoms with Crippen LogP contribution in [-0.4, -0.2) is 50.6 Å². The van der Waals surface area contributed by atoms with Crippen molar-refractivity contribution in [3.05, 3.63) is 53.6 Å². The van der Waals surface area contributed by atoms with Gasteiger partial charge in [-0.1, -0.05) is 23.7 Å². The first-order valence-corrected chi connectivity index (χ1v) is 8.70. The first kappa shape index (κ1) is 17.4. The highest BCUT2D eigenvalue weighted by atomic mass is 35.5. The number of rotatable bonds is 5. The van der Waals surface area contributed by atoms with Crippen molar-refractivity contribution in [2.75, 3.05) is 50.1 Å². The summed E-state index contributed by atoms with van der Waals surface area (Å²) in [7, 11) is 1.66. The van der Waals surface area contributed by atoms with Crippen LogP contribution in [-0.2, 0) is 4.79 Å². The van der Waals surface area contributed by atoms with Gasteiger partial charge in [0.1, 0.15) is 5.75 Å². The fraction of sp³-hybridized carbons (Fsp3) is 0.316. The zero-order valence-corrected chi connectivity index (χ0v) is 15.0. The molecule has 0 spiro atoms. The molecule has 1 heterocycles. The number of hydrogen-bond acceptors (Lipinski definition) is 4. The fourth-order valence-corrected chi connectivity index (χ4v) is 3.10. The minimum atomic E-state index is 0.0919. The lowest BCUT2D eigenvalue weighted by Crippen LogP contribution is -2.50. The van der Waals surface area contributed by atoms with Gasteiger partial charge >= 0.3 is 0 Å². The van der Waals surface area contributed by atoms with Crippen LogP contribution < -0.4 is 15.0 Å². The number of anilines is 2. The molecular weight excluding hydrogens is 338 g/mol. The summed E-state index contributed by atoms with van der Waals surface area (Å²) in [4.78, 5) is 16.6. The van der Waals surface area contributed by atoms with Gasteiger partial charge in [0.25, 0.3) is 0 Å². The number of para-hydroxylation sites is 1. The standard InChI is InChI=1S/C19H22ClN3O2/c1-25-16-8-6-15(7-9-16)22-10-12-23(13-11-22)19(24)14-21-18-5-3-2-4-17(18)20/h2-9,21H,10-14H2,1H3. The number of hydrogen-bond donors (Lipinski definition) is 1. The molecule has 1 saturated heterocycles. The van der Waals surface area contributed by atoms with Gasteiger partial charge in [-0.15, -0.1) is 0 Å². The number of amides is 1. The molecule has 1 aliphatic rings. The van der Waals surface area contributed by atoms with Gasteiger partial charge < -0.3 is 19.9 Å². The first-order chi connectivity index (χ1) is 12.2. The maximum Gasteiger partial charge on any atom is 0.241 e. The molecule has 5 nitrogen and oxygen atoms in total. The third kappa shape index (κ3) is 4.37. The van der Waals surface area contributed by atoms with Crippen molar-refractivity contribution in [1.82, 2.24) is 4.90 Å². The van der Waals surface area contributed by atoms with Crippen LogP contribution in [0.15, 0.2) is 48.5 Å². The lowest BCUT2D eigenvalue weighted by atomic mass is 10.2. The summed E-state index contributed by atoms with van der Waals surface area (Å²) in [6, 6.07) is 15.5. The van der Waals surface area contributed by atoms with Crippen molar-refractivity contribution in [3.8, 4) is 5.75 Å². The van der Waals surface area contributed by atoms with Crippen LogP contribution in [0.5, 0.6) is 5.75 Å². The third-order valence-electron chi connectivity index (χ3n) is 4.37. The largest absolute Gasteiger partial charge is 0.497 e. The number of carbonyl (C=O) groups is 1. The second-order valence-electron chi connectivity index (χ2n) is 5.90. The van der Waals surface area contributed by atoms with E-state index >= 15 is 0 Å². The lowest BCUT2D eigenvalue weighted by molar-refractivity contribution is -0.129. The van der Waals surface area contributed by atoms with Crippen molar-refractivity contribution in [2.45, 2.75) is 0 Å². The summed E-state index contributed by atoms with van der Waals surface area (Å²) >= 11 is 6.10. The van der Waals surface area contributed by atoms with Gasteiger partial charge in [-0.2, -0.15) is 0 Å². The number of ether oxygens (including phenoxy) is 1. The summed E-state index contributed by atoms with van der Waals surface area (Å²) in [6.45, 7) is 3.34. The highest BCUT2D eigenvalue weighted by molar-refractivity contribution is 6.33. The highest BCUT2D eigenvalue weighted by Crippen LogP contribution is 2.21. The molecule has 1 amide bonds. The van der Waals surface area contributed by atoms with Gasteiger partial charge in [-0.25, -0.2) is 0 Å². The predicted octanol–water partition coefficient (Wildman–Crippen LogP) is 3.11. The molecule has 2 aromatic carbocycles. The van der Waals surface area contributed by atoms with Crippen LogP contribution in [0.1, 0.15) is 0 Å². The average molecular weight is 360 g/mol. The number of piperazine rings is 1. The van der Waals surface area contributed by atoms with Crippen LogP contribution in [0.4, 0.5) is 11.4 Å². The van der Waals surface area contributed by atoms with Crippen molar-refractivity contribution < 1.29 is 9.53 Å². The van der Waals surface area contributed by atoms with E-state index in [0.29, 0.717) is 5.02 Å². The van der Waals surface area contributed by atoms with Crippen LogP contribution in [0.2, 0.25) is 5.02 Å². The Morgan fingerprint density at radius 3 is 2.40 bits per heavy atom. The van der Waals surface area contributed by atoms with E-state index in [1.807, 2.05) is 41.3 Å². The van der Waals surface area contributed by atoms with E-state index in [4.69, 9.17) is 16.3 Å². The van der Waals surface area contributed by atoms with E-state index in [1.54, 1.807) is 7.11 Å². The van der Waals surface area contributed by atoms with Crippen molar-refractivity contribution in [2.24, 2.45) is 0 Å². The topological polar surface area (TPSA) is 44.8 Å². The molecule has 1 aliphatic heterocycles. The third-order valence-corrected chi connectivity index (χ3v) is 4.70. The smallest absolute Gasteiger partial charge is 0.241 e. The second kappa shape index (κ2) is 8.12. The molecule has 25 heavy (non-hydrogen) atoms. The van der Waals surface area contributed by atoms with Gasteiger partial charge in [0, 0.05) is 31.9 Å². The zero-order chi connectivity index (χ0) is 17.6. The Kier molecular flexibility index (Phi) is 5.66. The Labute approximate surface area is 153 Å². The molecule has 0 saturated carbocycles. The number of benzene rings is 2. The maximum absolute atomic E-state index is 12.4. The molecule has 1 fully saturated rings. The Morgan fingerprint density at radius 1 is 1.08 bits per heavy atom. The molecule has 0 radical (unpaired) electrons. The molecule has 1 N–H and O–H groups in total. The zero-order valence-electron chi connectivity index (χ0n) is 14.2. The van der Waals surface area contributed by atoms with Gasteiger partial charge in [0.05, 0.1) is 24.4 Å². The molecule has 0 bridgehead atoms. The molecule has 2 aromatic rings. The maximum atomic E-state index is 12.4. The SMILES string of the molecule is COc1ccc(N2CCN(C(=O)CNc3ccccc3Cl)CC2)cc1. The Bertz CT molecular complexity index is 713. The highest BCUT2D eigenvalue weighted by Gasteiger charge is 2.21. The summed E-state index contributed by atoms with van der Waals surface area (Å²) in [5.41, 5.74) is 1.94. The van der Waals surface area contributed by atoms with Gasteiger partial charge in [0.2, 0.25) is 5.91 Å². The van der Waals surface area contributed by atoms with Crippen LogP contribution in [0.3, 0.4) is 0 Å². The Morgan fingerprint density at radius 2 is 1.76 bits per heavy atom. The van der Waals surface area contributed by atoms with Crippen LogP contribution in [0.25, 0.3) is 0 Å². The Balaban J connectivity index is 1.49. The second-order valence-corrected chi connectivity index (χ2v) is 6.31. The summed E-state index contributed by atoms with van der Waals surface area (Å²) < 4.78 is 5.19. The molecule has 0 aliphatic carbocycles. The van der Waals surface area contributed by atoms with Crippen molar-refractivity contribution >= 4 is 28.9 Å². The van der Waals surface area contributed by atoms with Crippen LogP contribution in [0, 0.1) is 0 Å². The van der Waals surface area contributed by atoms with Crippen molar-refractivity contribution in [3.63, 3.8) is 0 Å². The summed E-state index contributed by atoms with van der Waals surface area (Å²) in [6.07, 6.45) is 0. The van der Waals surface area contributed by atoms with Crippen molar-refractivity contribution in [1.29, 1.82) is 0 Å². The van der Waals surface area contributed by atoms with Gasteiger partial charge in [-0.3, -0.25) is 4.79 Å². The fourth-order valence-electron chi connectivity index (χ4n) is 2.89. The number of nitrogens with zero attached hydrogens (tertiary/aromatic N) is 2. The first-order valence-electron chi connectivity index (χ1n) is 8.32. The predicted molar refractivity (Wildman–Crippen MR) is 102 cm³/mol. The number of halogens is 1. The quantitative estimate of drug-likeness (QED) is 0.891. The molecule has 6 heteroatoms. The molecular formula is C19H22ClN3O2. The monoisotopic (exact) mass is 359 g/mol. The van der Waals surface area contributed by atoms with Crippen LogP contribution >= 0.6 is 11.6 Å². The molecule has 0 aromatic heterocycles. The van der Waals surface area contributed by atoms with E-state index < -0.39 is 0 Å². The normalized spacial score (nSPS) is 14.3. The van der Waals surface area contributed by atoms with Gasteiger partial charge in [0.15, 0.2) is 0 Å².